The van der Waals surface area contributed by atoms with E-state index in [1.165, 1.54) is 0 Å². The maximum atomic E-state index is 11.7. The van der Waals surface area contributed by atoms with E-state index in [0.717, 1.165) is 21.3 Å². The smallest absolute Gasteiger partial charge is 0.225 e. The summed E-state index contributed by atoms with van der Waals surface area (Å²) < 4.78 is 0.974. The molecule has 19 heavy (non-hydrogen) atoms. The van der Waals surface area contributed by atoms with Gasteiger partial charge in [-0.1, -0.05) is 46.3 Å². The Bertz CT molecular complexity index is 572. The number of hydrogen-bond acceptors (Lipinski definition) is 1. The Hall–Kier alpha value is -1.32. The van der Waals surface area contributed by atoms with Crippen molar-refractivity contribution >= 4 is 39.1 Å². The van der Waals surface area contributed by atoms with Gasteiger partial charge in [-0.3, -0.25) is 4.79 Å². The average molecular weight is 339 g/mol. The molecule has 0 fully saturated rings. The van der Waals surface area contributed by atoms with Gasteiger partial charge in [-0.15, -0.1) is 11.6 Å². The molecule has 0 bridgehead atoms. The third kappa shape index (κ3) is 3.82. The van der Waals surface area contributed by atoms with E-state index in [1.807, 2.05) is 48.5 Å². The minimum Gasteiger partial charge on any atom is -0.325 e. The summed E-state index contributed by atoms with van der Waals surface area (Å²) in [5, 5.41) is 2.89. The Morgan fingerprint density at radius 1 is 1.16 bits per heavy atom. The van der Waals surface area contributed by atoms with E-state index in [4.69, 9.17) is 11.6 Å². The zero-order valence-electron chi connectivity index (χ0n) is 10.2. The number of carbonyl (C=O) groups is 1. The number of hydrogen-bond donors (Lipinski definition) is 1. The number of halogens is 2. The van der Waals surface area contributed by atoms with Crippen molar-refractivity contribution in [2.75, 3.05) is 11.2 Å². The molecule has 2 aromatic carbocycles. The van der Waals surface area contributed by atoms with Gasteiger partial charge in [0, 0.05) is 28.0 Å². The van der Waals surface area contributed by atoms with Crippen LogP contribution in [0, 0.1) is 0 Å². The molecule has 0 spiro atoms. The SMILES string of the molecule is O=C(CCCl)Nc1ccc(Br)cc1-c1ccccc1. The summed E-state index contributed by atoms with van der Waals surface area (Å²) >= 11 is 9.03. The molecular weight excluding hydrogens is 326 g/mol. The van der Waals surface area contributed by atoms with Crippen molar-refractivity contribution in [2.45, 2.75) is 6.42 Å². The van der Waals surface area contributed by atoms with Crippen molar-refractivity contribution in [1.29, 1.82) is 0 Å². The Kier molecular flexibility index (Phi) is 5.00. The highest BCUT2D eigenvalue weighted by molar-refractivity contribution is 9.10. The summed E-state index contributed by atoms with van der Waals surface area (Å²) in [5.74, 6) is 0.248. The fraction of sp³-hybridized carbons (Fsp3) is 0.133. The summed E-state index contributed by atoms with van der Waals surface area (Å²) in [6, 6.07) is 15.7. The molecule has 0 aliphatic rings. The van der Waals surface area contributed by atoms with Crippen molar-refractivity contribution in [3.63, 3.8) is 0 Å². The van der Waals surface area contributed by atoms with Crippen molar-refractivity contribution in [3.05, 3.63) is 53.0 Å². The largest absolute Gasteiger partial charge is 0.325 e. The number of carbonyl (C=O) groups excluding carboxylic acids is 1. The quantitative estimate of drug-likeness (QED) is 0.806. The third-order valence-corrected chi connectivity index (χ3v) is 3.34. The van der Waals surface area contributed by atoms with Gasteiger partial charge in [0.2, 0.25) is 5.91 Å². The van der Waals surface area contributed by atoms with Crippen LogP contribution in [0.4, 0.5) is 5.69 Å². The number of amides is 1. The highest BCUT2D eigenvalue weighted by atomic mass is 79.9. The molecule has 2 nitrogen and oxygen atoms in total. The second kappa shape index (κ2) is 6.73. The summed E-state index contributed by atoms with van der Waals surface area (Å²) in [6.07, 6.45) is 0.311. The third-order valence-electron chi connectivity index (χ3n) is 2.66. The number of nitrogens with one attached hydrogen (secondary N) is 1. The lowest BCUT2D eigenvalue weighted by atomic mass is 10.0. The van der Waals surface area contributed by atoms with Gasteiger partial charge < -0.3 is 5.32 Å². The first-order valence-corrected chi connectivity index (χ1v) is 7.24. The minimum absolute atomic E-state index is 0.0745. The Labute approximate surface area is 125 Å². The second-order valence-electron chi connectivity index (χ2n) is 4.04. The van der Waals surface area contributed by atoms with Crippen LogP contribution in [0.3, 0.4) is 0 Å². The molecule has 4 heteroatoms. The Balaban J connectivity index is 2.36. The van der Waals surface area contributed by atoms with Crippen molar-refractivity contribution in [3.8, 4) is 11.1 Å². The maximum absolute atomic E-state index is 11.7. The monoisotopic (exact) mass is 337 g/mol. The first kappa shape index (κ1) is 14.1. The zero-order valence-corrected chi connectivity index (χ0v) is 12.5. The van der Waals surface area contributed by atoms with Gasteiger partial charge in [0.25, 0.3) is 0 Å². The molecule has 0 aliphatic heterocycles. The van der Waals surface area contributed by atoms with Gasteiger partial charge in [-0.05, 0) is 23.8 Å². The predicted molar refractivity (Wildman–Crippen MR) is 83.5 cm³/mol. The van der Waals surface area contributed by atoms with Gasteiger partial charge in [0.15, 0.2) is 0 Å². The van der Waals surface area contributed by atoms with Crippen LogP contribution in [0.15, 0.2) is 53.0 Å². The standard InChI is InChI=1S/C15H13BrClNO/c16-12-6-7-14(18-15(19)8-9-17)13(10-12)11-4-2-1-3-5-11/h1-7,10H,8-9H2,(H,18,19). The van der Waals surface area contributed by atoms with Gasteiger partial charge in [-0.25, -0.2) is 0 Å². The van der Waals surface area contributed by atoms with Crippen LogP contribution in [0.2, 0.25) is 0 Å². The van der Waals surface area contributed by atoms with Crippen LogP contribution in [0.5, 0.6) is 0 Å². The molecule has 0 unspecified atom stereocenters. The number of rotatable bonds is 4. The summed E-state index contributed by atoms with van der Waals surface area (Å²) in [6.45, 7) is 0. The Morgan fingerprint density at radius 3 is 2.58 bits per heavy atom. The number of alkyl halides is 1. The highest BCUT2D eigenvalue weighted by Gasteiger charge is 2.08. The molecule has 0 aliphatic carbocycles. The minimum atomic E-state index is -0.0745. The fourth-order valence-electron chi connectivity index (χ4n) is 1.78. The van der Waals surface area contributed by atoms with Crippen molar-refractivity contribution in [2.24, 2.45) is 0 Å². The van der Waals surface area contributed by atoms with Crippen LogP contribution in [0.1, 0.15) is 6.42 Å². The normalized spacial score (nSPS) is 10.2. The van der Waals surface area contributed by atoms with Gasteiger partial charge in [-0.2, -0.15) is 0 Å². The fourth-order valence-corrected chi connectivity index (χ4v) is 2.31. The van der Waals surface area contributed by atoms with Gasteiger partial charge in [0.1, 0.15) is 0 Å². The van der Waals surface area contributed by atoms with Crippen molar-refractivity contribution < 1.29 is 4.79 Å². The molecule has 1 amide bonds. The molecule has 0 radical (unpaired) electrons. The molecule has 0 saturated heterocycles. The lowest BCUT2D eigenvalue weighted by molar-refractivity contribution is -0.115. The van der Waals surface area contributed by atoms with Gasteiger partial charge >= 0.3 is 0 Å². The molecule has 98 valence electrons. The molecule has 2 aromatic rings. The van der Waals surface area contributed by atoms with Crippen molar-refractivity contribution in [1.82, 2.24) is 0 Å². The van der Waals surface area contributed by atoms with E-state index in [2.05, 4.69) is 21.2 Å². The molecule has 2 rings (SSSR count). The van der Waals surface area contributed by atoms with E-state index >= 15 is 0 Å². The van der Waals surface area contributed by atoms with Crippen LogP contribution < -0.4 is 5.32 Å². The van der Waals surface area contributed by atoms with Gasteiger partial charge in [0.05, 0.1) is 0 Å². The molecule has 0 aromatic heterocycles. The summed E-state index contributed by atoms with van der Waals surface area (Å²) in [4.78, 5) is 11.7. The first-order chi connectivity index (χ1) is 9.20. The van der Waals surface area contributed by atoms with Crippen LogP contribution in [0.25, 0.3) is 11.1 Å². The van der Waals surface area contributed by atoms with E-state index in [1.54, 1.807) is 0 Å². The van der Waals surface area contributed by atoms with E-state index in [9.17, 15) is 4.79 Å². The van der Waals surface area contributed by atoms with E-state index in [-0.39, 0.29) is 5.91 Å². The topological polar surface area (TPSA) is 29.1 Å². The maximum Gasteiger partial charge on any atom is 0.225 e. The molecule has 0 saturated carbocycles. The molecule has 0 atom stereocenters. The predicted octanol–water partition coefficient (Wildman–Crippen LogP) is 4.68. The zero-order chi connectivity index (χ0) is 13.7. The van der Waals surface area contributed by atoms with Crippen LogP contribution >= 0.6 is 27.5 Å². The van der Waals surface area contributed by atoms with E-state index < -0.39 is 0 Å². The molecular formula is C15H13BrClNO. The van der Waals surface area contributed by atoms with Crippen LogP contribution in [-0.2, 0) is 4.79 Å². The second-order valence-corrected chi connectivity index (χ2v) is 5.34. The highest BCUT2D eigenvalue weighted by Crippen LogP contribution is 2.30. The number of anilines is 1. The first-order valence-electron chi connectivity index (χ1n) is 5.91. The lowest BCUT2D eigenvalue weighted by Gasteiger charge is -2.11. The average Bonchev–Trinajstić information content (AvgIpc) is 2.42. The van der Waals surface area contributed by atoms with Crippen LogP contribution in [-0.4, -0.2) is 11.8 Å². The molecule has 0 heterocycles. The summed E-state index contributed by atoms with van der Waals surface area (Å²) in [5.41, 5.74) is 2.84. The molecule has 1 N–H and O–H groups in total. The number of benzene rings is 2. The lowest BCUT2D eigenvalue weighted by Crippen LogP contribution is -2.12. The van der Waals surface area contributed by atoms with E-state index in [0.29, 0.717) is 12.3 Å². The summed E-state index contributed by atoms with van der Waals surface area (Å²) in [7, 11) is 0. The Morgan fingerprint density at radius 2 is 1.89 bits per heavy atom.